The largest absolute Gasteiger partial charge is 0.449 e. The topological polar surface area (TPSA) is 39.2 Å². The molecule has 0 aliphatic heterocycles. The molecular weight excluding hydrogens is 128 g/mol. The van der Waals surface area contributed by atoms with Gasteiger partial charge in [-0.2, -0.15) is 0 Å². The Labute approximate surface area is 50.3 Å². The maximum Gasteiger partial charge on any atom is 0.269 e. The molecule has 0 aliphatic carbocycles. The standard InChI is InChI=1S/C5H5F2NO/c6-4(7)3-1-2-9-5(3)8/h1-2,4H,8H2. The van der Waals surface area contributed by atoms with Gasteiger partial charge in [-0.05, 0) is 6.07 Å². The monoisotopic (exact) mass is 133 g/mol. The van der Waals surface area contributed by atoms with Crippen LogP contribution in [0.2, 0.25) is 0 Å². The van der Waals surface area contributed by atoms with Gasteiger partial charge in [-0.1, -0.05) is 0 Å². The molecule has 50 valence electrons. The second-order valence-electron chi connectivity index (χ2n) is 1.54. The molecule has 1 aromatic heterocycles. The van der Waals surface area contributed by atoms with E-state index in [0.717, 1.165) is 12.3 Å². The fourth-order valence-electron chi connectivity index (χ4n) is 0.511. The van der Waals surface area contributed by atoms with Crippen molar-refractivity contribution in [3.05, 3.63) is 17.9 Å². The highest BCUT2D eigenvalue weighted by Crippen LogP contribution is 2.24. The molecule has 0 aromatic carbocycles. The normalized spacial score (nSPS) is 10.6. The molecule has 1 heterocycles. The number of nitrogens with two attached hydrogens (primary N) is 1. The van der Waals surface area contributed by atoms with E-state index >= 15 is 0 Å². The fourth-order valence-corrected chi connectivity index (χ4v) is 0.511. The summed E-state index contributed by atoms with van der Waals surface area (Å²) in [4.78, 5) is 0. The lowest BCUT2D eigenvalue weighted by Gasteiger charge is -1.91. The molecule has 0 aliphatic rings. The minimum absolute atomic E-state index is 0.204. The number of anilines is 1. The van der Waals surface area contributed by atoms with Crippen molar-refractivity contribution in [3.8, 4) is 0 Å². The van der Waals surface area contributed by atoms with Crippen molar-refractivity contribution in [1.82, 2.24) is 0 Å². The number of nitrogen functional groups attached to an aromatic ring is 1. The Morgan fingerprint density at radius 3 is 2.44 bits per heavy atom. The van der Waals surface area contributed by atoms with Crippen LogP contribution in [0.15, 0.2) is 16.7 Å². The van der Waals surface area contributed by atoms with Gasteiger partial charge in [0.25, 0.3) is 6.43 Å². The highest BCUT2D eigenvalue weighted by Gasteiger charge is 2.12. The van der Waals surface area contributed by atoms with Gasteiger partial charge in [0.05, 0.1) is 11.8 Å². The molecule has 0 fully saturated rings. The zero-order valence-corrected chi connectivity index (χ0v) is 4.47. The second-order valence-corrected chi connectivity index (χ2v) is 1.54. The quantitative estimate of drug-likeness (QED) is 0.634. The van der Waals surface area contributed by atoms with Crippen molar-refractivity contribution in [2.75, 3.05) is 5.73 Å². The van der Waals surface area contributed by atoms with E-state index in [9.17, 15) is 8.78 Å². The molecule has 9 heavy (non-hydrogen) atoms. The molecule has 0 bridgehead atoms. The molecule has 2 N–H and O–H groups in total. The molecular formula is C5H5F2NO. The van der Waals surface area contributed by atoms with Crippen molar-refractivity contribution >= 4 is 5.88 Å². The number of hydrogen-bond acceptors (Lipinski definition) is 2. The molecule has 1 rings (SSSR count). The van der Waals surface area contributed by atoms with Crippen LogP contribution in [-0.4, -0.2) is 0 Å². The molecule has 0 atom stereocenters. The first-order chi connectivity index (χ1) is 4.22. The molecule has 2 nitrogen and oxygen atoms in total. The highest BCUT2D eigenvalue weighted by atomic mass is 19.3. The van der Waals surface area contributed by atoms with Crippen LogP contribution in [0.4, 0.5) is 14.7 Å². The number of rotatable bonds is 1. The summed E-state index contributed by atoms with van der Waals surface area (Å²) >= 11 is 0. The van der Waals surface area contributed by atoms with E-state index in [4.69, 9.17) is 5.73 Å². The predicted octanol–water partition coefficient (Wildman–Crippen LogP) is 1.80. The van der Waals surface area contributed by atoms with E-state index in [1.165, 1.54) is 0 Å². The summed E-state index contributed by atoms with van der Waals surface area (Å²) in [6.45, 7) is 0. The number of hydrogen-bond donors (Lipinski definition) is 1. The Balaban J connectivity index is 2.94. The molecule has 1 aromatic rings. The molecule has 0 spiro atoms. The van der Waals surface area contributed by atoms with E-state index in [1.54, 1.807) is 0 Å². The third kappa shape index (κ3) is 1.01. The van der Waals surface area contributed by atoms with Crippen molar-refractivity contribution in [2.24, 2.45) is 0 Å². The van der Waals surface area contributed by atoms with E-state index in [-0.39, 0.29) is 11.4 Å². The third-order valence-corrected chi connectivity index (χ3v) is 0.962. The van der Waals surface area contributed by atoms with Gasteiger partial charge >= 0.3 is 0 Å². The average Bonchev–Trinajstić information content (AvgIpc) is 2.13. The zero-order valence-electron chi connectivity index (χ0n) is 4.47. The summed E-state index contributed by atoms with van der Waals surface area (Å²) in [6, 6.07) is 1.15. The molecule has 0 unspecified atom stereocenters. The van der Waals surface area contributed by atoms with Crippen LogP contribution in [0.1, 0.15) is 12.0 Å². The highest BCUT2D eigenvalue weighted by molar-refractivity contribution is 5.36. The van der Waals surface area contributed by atoms with E-state index < -0.39 is 6.43 Å². The smallest absolute Gasteiger partial charge is 0.269 e. The Bertz CT molecular complexity index is 197. The Kier molecular flexibility index (Phi) is 1.38. The first-order valence-electron chi connectivity index (χ1n) is 2.33. The van der Waals surface area contributed by atoms with Gasteiger partial charge in [0, 0.05) is 0 Å². The molecule has 0 radical (unpaired) electrons. The molecule has 0 saturated carbocycles. The van der Waals surface area contributed by atoms with Crippen LogP contribution in [0.3, 0.4) is 0 Å². The summed E-state index contributed by atoms with van der Waals surface area (Å²) in [7, 11) is 0. The van der Waals surface area contributed by atoms with Crippen LogP contribution in [0.25, 0.3) is 0 Å². The van der Waals surface area contributed by atoms with Crippen LogP contribution >= 0.6 is 0 Å². The van der Waals surface area contributed by atoms with Gasteiger partial charge in [0.1, 0.15) is 0 Å². The third-order valence-electron chi connectivity index (χ3n) is 0.962. The first kappa shape index (κ1) is 6.07. The SMILES string of the molecule is Nc1occc1C(F)F. The van der Waals surface area contributed by atoms with Gasteiger partial charge in [-0.15, -0.1) is 0 Å². The minimum atomic E-state index is -2.54. The van der Waals surface area contributed by atoms with Gasteiger partial charge in [0.2, 0.25) is 0 Å². The summed E-state index contributed by atoms with van der Waals surface area (Å²) in [5, 5.41) is 0. The predicted molar refractivity (Wildman–Crippen MR) is 28.1 cm³/mol. The Hall–Kier alpha value is -1.06. The summed E-state index contributed by atoms with van der Waals surface area (Å²) in [5.74, 6) is -0.204. The van der Waals surface area contributed by atoms with Gasteiger partial charge in [0.15, 0.2) is 5.88 Å². The number of halogens is 2. The van der Waals surface area contributed by atoms with Crippen LogP contribution in [0.5, 0.6) is 0 Å². The van der Waals surface area contributed by atoms with Crippen molar-refractivity contribution in [2.45, 2.75) is 6.43 Å². The fraction of sp³-hybridized carbons (Fsp3) is 0.200. The van der Waals surface area contributed by atoms with Crippen molar-refractivity contribution in [3.63, 3.8) is 0 Å². The second kappa shape index (κ2) is 2.05. The van der Waals surface area contributed by atoms with E-state index in [2.05, 4.69) is 4.42 Å². The Morgan fingerprint density at radius 2 is 2.22 bits per heavy atom. The summed E-state index contributed by atoms with van der Waals surface area (Å²) in [5.41, 5.74) is 4.75. The number of furan rings is 1. The lowest BCUT2D eigenvalue weighted by molar-refractivity contribution is 0.151. The van der Waals surface area contributed by atoms with Crippen molar-refractivity contribution < 1.29 is 13.2 Å². The van der Waals surface area contributed by atoms with Gasteiger partial charge < -0.3 is 10.2 Å². The van der Waals surface area contributed by atoms with Gasteiger partial charge in [-0.3, -0.25) is 0 Å². The minimum Gasteiger partial charge on any atom is -0.449 e. The maximum atomic E-state index is 11.7. The van der Waals surface area contributed by atoms with Crippen LogP contribution in [0, 0.1) is 0 Å². The summed E-state index contributed by atoms with van der Waals surface area (Å²) < 4.78 is 27.9. The average molecular weight is 133 g/mol. The van der Waals surface area contributed by atoms with Crippen LogP contribution < -0.4 is 5.73 Å². The molecule has 0 amide bonds. The maximum absolute atomic E-state index is 11.7. The lowest BCUT2D eigenvalue weighted by Crippen LogP contribution is -1.88. The zero-order chi connectivity index (χ0) is 6.85. The molecule has 0 saturated heterocycles. The van der Waals surface area contributed by atoms with E-state index in [0.29, 0.717) is 0 Å². The number of alkyl halides is 2. The van der Waals surface area contributed by atoms with Crippen LogP contribution in [-0.2, 0) is 0 Å². The Morgan fingerprint density at radius 1 is 1.56 bits per heavy atom. The van der Waals surface area contributed by atoms with Gasteiger partial charge in [-0.25, -0.2) is 8.78 Å². The van der Waals surface area contributed by atoms with Crippen molar-refractivity contribution in [1.29, 1.82) is 0 Å². The lowest BCUT2D eigenvalue weighted by atomic mass is 10.3. The first-order valence-corrected chi connectivity index (χ1v) is 2.33. The van der Waals surface area contributed by atoms with E-state index in [1.807, 2.05) is 0 Å². The molecule has 4 heteroatoms. The summed E-state index contributed by atoms with van der Waals surface area (Å²) in [6.07, 6.45) is -1.40.